The SMILES string of the molecule is C=CCc1c2c(c(OC)c3ccoc13)C(=O)/C(=C/c1ccc(Cl)cc1)O2. The van der Waals surface area contributed by atoms with Crippen LogP contribution in [-0.4, -0.2) is 12.9 Å². The van der Waals surface area contributed by atoms with Crippen molar-refractivity contribution in [2.24, 2.45) is 0 Å². The van der Waals surface area contributed by atoms with E-state index in [1.54, 1.807) is 36.6 Å². The van der Waals surface area contributed by atoms with Crippen LogP contribution in [-0.2, 0) is 6.42 Å². The normalized spacial score (nSPS) is 14.5. The average Bonchev–Trinajstić information content (AvgIpc) is 3.24. The van der Waals surface area contributed by atoms with E-state index < -0.39 is 0 Å². The van der Waals surface area contributed by atoms with Crippen LogP contribution in [0.3, 0.4) is 0 Å². The van der Waals surface area contributed by atoms with Gasteiger partial charge in [0.2, 0.25) is 5.78 Å². The molecule has 4 nitrogen and oxygen atoms in total. The fourth-order valence-corrected chi connectivity index (χ4v) is 3.29. The van der Waals surface area contributed by atoms with Gasteiger partial charge in [-0.2, -0.15) is 0 Å². The predicted octanol–water partition coefficient (Wildman–Crippen LogP) is 5.44. The van der Waals surface area contributed by atoms with Crippen molar-refractivity contribution < 1.29 is 18.7 Å². The zero-order valence-corrected chi connectivity index (χ0v) is 14.8. The highest BCUT2D eigenvalue weighted by atomic mass is 35.5. The Hall–Kier alpha value is -2.98. The van der Waals surface area contributed by atoms with Gasteiger partial charge in [-0.15, -0.1) is 6.58 Å². The Balaban J connectivity index is 1.91. The van der Waals surface area contributed by atoms with Crippen LogP contribution in [0, 0.1) is 0 Å². The zero-order chi connectivity index (χ0) is 18.3. The molecular weight excluding hydrogens is 352 g/mol. The van der Waals surface area contributed by atoms with E-state index in [-0.39, 0.29) is 11.5 Å². The lowest BCUT2D eigenvalue weighted by atomic mass is 9.99. The first-order chi connectivity index (χ1) is 12.6. The summed E-state index contributed by atoms with van der Waals surface area (Å²) < 4.78 is 17.1. The highest BCUT2D eigenvalue weighted by Crippen LogP contribution is 2.47. The molecule has 5 heteroatoms. The van der Waals surface area contributed by atoms with Gasteiger partial charge in [0.25, 0.3) is 0 Å². The summed E-state index contributed by atoms with van der Waals surface area (Å²) in [6.45, 7) is 3.79. The second-order valence-corrected chi connectivity index (χ2v) is 6.30. The summed E-state index contributed by atoms with van der Waals surface area (Å²) in [5.74, 6) is 0.939. The third kappa shape index (κ3) is 2.50. The smallest absolute Gasteiger partial charge is 0.235 e. The standard InChI is InChI=1S/C21H15ClO4/c1-3-4-14-19-15(9-10-25-19)20(24-2)17-18(23)16(26-21(14)17)11-12-5-7-13(22)8-6-12/h3,5-11H,1,4H2,2H3/b16-11-. The lowest BCUT2D eigenvalue weighted by Gasteiger charge is -2.10. The van der Waals surface area contributed by atoms with Crippen LogP contribution in [0.5, 0.6) is 11.5 Å². The molecule has 1 aliphatic rings. The van der Waals surface area contributed by atoms with Gasteiger partial charge in [0.05, 0.1) is 18.8 Å². The molecule has 0 saturated carbocycles. The molecule has 1 aliphatic heterocycles. The lowest BCUT2D eigenvalue weighted by molar-refractivity contribution is 0.101. The molecular formula is C21H15ClO4. The van der Waals surface area contributed by atoms with E-state index in [1.165, 1.54) is 7.11 Å². The summed E-state index contributed by atoms with van der Waals surface area (Å²) in [5.41, 5.74) is 2.65. The molecule has 2 heterocycles. The fraction of sp³-hybridized carbons (Fsp3) is 0.0952. The number of hydrogen-bond acceptors (Lipinski definition) is 4. The number of rotatable bonds is 4. The van der Waals surface area contributed by atoms with E-state index in [1.807, 2.05) is 12.1 Å². The van der Waals surface area contributed by atoms with Gasteiger partial charge in [-0.3, -0.25) is 4.79 Å². The number of hydrogen-bond donors (Lipinski definition) is 0. The maximum Gasteiger partial charge on any atom is 0.235 e. The van der Waals surface area contributed by atoms with Crippen LogP contribution in [0.1, 0.15) is 21.5 Å². The molecule has 0 atom stereocenters. The van der Waals surface area contributed by atoms with Crippen molar-refractivity contribution in [1.82, 2.24) is 0 Å². The number of carbonyl (C=O) groups is 1. The molecule has 0 fully saturated rings. The van der Waals surface area contributed by atoms with Crippen molar-refractivity contribution in [2.75, 3.05) is 7.11 Å². The highest BCUT2D eigenvalue weighted by molar-refractivity contribution is 6.30. The second kappa shape index (κ2) is 6.39. The Morgan fingerprint density at radius 3 is 2.69 bits per heavy atom. The number of furan rings is 1. The Kier molecular flexibility index (Phi) is 4.05. The average molecular weight is 367 g/mol. The van der Waals surface area contributed by atoms with Gasteiger partial charge in [0, 0.05) is 10.6 Å². The highest BCUT2D eigenvalue weighted by Gasteiger charge is 2.36. The quantitative estimate of drug-likeness (QED) is 0.455. The van der Waals surface area contributed by atoms with E-state index >= 15 is 0 Å². The first kappa shape index (κ1) is 16.5. The first-order valence-electron chi connectivity index (χ1n) is 8.04. The number of halogens is 1. The van der Waals surface area contributed by atoms with Crippen LogP contribution >= 0.6 is 11.6 Å². The first-order valence-corrected chi connectivity index (χ1v) is 8.42. The summed E-state index contributed by atoms with van der Waals surface area (Å²) in [4.78, 5) is 13.0. The molecule has 2 aromatic carbocycles. The molecule has 0 aliphatic carbocycles. The second-order valence-electron chi connectivity index (χ2n) is 5.86. The summed E-state index contributed by atoms with van der Waals surface area (Å²) >= 11 is 5.92. The summed E-state index contributed by atoms with van der Waals surface area (Å²) in [6, 6.07) is 8.95. The van der Waals surface area contributed by atoms with Gasteiger partial charge < -0.3 is 13.9 Å². The molecule has 0 bridgehead atoms. The Bertz CT molecular complexity index is 1060. The monoisotopic (exact) mass is 366 g/mol. The lowest BCUT2D eigenvalue weighted by Crippen LogP contribution is -2.00. The van der Waals surface area contributed by atoms with Crippen LogP contribution in [0.2, 0.25) is 5.02 Å². The van der Waals surface area contributed by atoms with E-state index in [2.05, 4.69) is 6.58 Å². The summed E-state index contributed by atoms with van der Waals surface area (Å²) in [7, 11) is 1.53. The van der Waals surface area contributed by atoms with Crippen LogP contribution < -0.4 is 9.47 Å². The molecule has 0 amide bonds. The van der Waals surface area contributed by atoms with Crippen molar-refractivity contribution in [3.05, 3.63) is 76.7 Å². The van der Waals surface area contributed by atoms with Gasteiger partial charge in [0.1, 0.15) is 22.6 Å². The topological polar surface area (TPSA) is 48.7 Å². The van der Waals surface area contributed by atoms with E-state index in [0.29, 0.717) is 34.1 Å². The molecule has 0 spiro atoms. The van der Waals surface area contributed by atoms with Gasteiger partial charge in [-0.1, -0.05) is 29.8 Å². The van der Waals surface area contributed by atoms with Gasteiger partial charge in [-0.05, 0) is 36.3 Å². The largest absolute Gasteiger partial charge is 0.495 e. The van der Waals surface area contributed by atoms with Gasteiger partial charge in [0.15, 0.2) is 5.76 Å². The van der Waals surface area contributed by atoms with Crippen LogP contribution in [0.4, 0.5) is 0 Å². The van der Waals surface area contributed by atoms with Crippen molar-refractivity contribution >= 4 is 34.4 Å². The van der Waals surface area contributed by atoms with Crippen molar-refractivity contribution in [3.8, 4) is 11.5 Å². The zero-order valence-electron chi connectivity index (χ0n) is 14.0. The maximum absolute atomic E-state index is 13.0. The summed E-state index contributed by atoms with van der Waals surface area (Å²) in [6.07, 6.45) is 5.53. The van der Waals surface area contributed by atoms with E-state index in [9.17, 15) is 4.79 Å². The Labute approximate surface area is 155 Å². The van der Waals surface area contributed by atoms with Crippen molar-refractivity contribution in [1.29, 1.82) is 0 Å². The molecule has 0 radical (unpaired) electrons. The molecule has 0 N–H and O–H groups in total. The third-order valence-electron chi connectivity index (χ3n) is 4.30. The van der Waals surface area contributed by atoms with Crippen molar-refractivity contribution in [2.45, 2.75) is 6.42 Å². The molecule has 0 unspecified atom stereocenters. The number of benzene rings is 2. The number of fused-ring (bicyclic) bond motifs is 2. The third-order valence-corrected chi connectivity index (χ3v) is 4.55. The number of methoxy groups -OCH3 is 1. The molecule has 0 saturated heterocycles. The number of ether oxygens (including phenoxy) is 2. The predicted molar refractivity (Wildman–Crippen MR) is 101 cm³/mol. The van der Waals surface area contributed by atoms with Crippen molar-refractivity contribution in [3.63, 3.8) is 0 Å². The fourth-order valence-electron chi connectivity index (χ4n) is 3.16. The minimum atomic E-state index is -0.222. The van der Waals surface area contributed by atoms with Gasteiger partial charge >= 0.3 is 0 Å². The Morgan fingerprint density at radius 1 is 1.23 bits per heavy atom. The molecule has 1 aromatic heterocycles. The minimum Gasteiger partial charge on any atom is -0.495 e. The Morgan fingerprint density at radius 2 is 2.00 bits per heavy atom. The van der Waals surface area contributed by atoms with Crippen LogP contribution in [0.25, 0.3) is 17.0 Å². The van der Waals surface area contributed by atoms with Crippen LogP contribution in [0.15, 0.2) is 59.4 Å². The van der Waals surface area contributed by atoms with E-state index in [0.717, 1.165) is 16.5 Å². The molecule has 3 aromatic rings. The summed E-state index contributed by atoms with van der Waals surface area (Å²) in [5, 5.41) is 1.37. The number of carbonyl (C=O) groups excluding carboxylic acids is 1. The number of Topliss-reactive ketones (excluding diaryl/α,β-unsaturated/α-hetero) is 1. The number of allylic oxidation sites excluding steroid dienone is 2. The van der Waals surface area contributed by atoms with Gasteiger partial charge in [-0.25, -0.2) is 0 Å². The molecule has 4 rings (SSSR count). The maximum atomic E-state index is 13.0. The number of ketones is 1. The molecule has 130 valence electrons. The van der Waals surface area contributed by atoms with E-state index in [4.69, 9.17) is 25.5 Å². The molecule has 26 heavy (non-hydrogen) atoms. The minimum absolute atomic E-state index is 0.222.